The van der Waals surface area contributed by atoms with Crippen molar-refractivity contribution in [2.45, 2.75) is 44.7 Å². The zero-order valence-electron chi connectivity index (χ0n) is 9.70. The Balaban J connectivity index is 2.64. The van der Waals surface area contributed by atoms with Crippen LogP contribution >= 0.6 is 7.60 Å². The van der Waals surface area contributed by atoms with E-state index < -0.39 is 7.60 Å². The smallest absolute Gasteiger partial charge is 0.307 e. The lowest BCUT2D eigenvalue weighted by Crippen LogP contribution is -2.44. The van der Waals surface area contributed by atoms with Crippen molar-refractivity contribution in [1.82, 2.24) is 0 Å². The minimum absolute atomic E-state index is 0.216. The van der Waals surface area contributed by atoms with Gasteiger partial charge in [0.25, 0.3) is 0 Å². The molecule has 0 aliphatic carbocycles. The van der Waals surface area contributed by atoms with Crippen LogP contribution in [0.3, 0.4) is 0 Å². The van der Waals surface area contributed by atoms with Crippen LogP contribution in [0.5, 0.6) is 0 Å². The van der Waals surface area contributed by atoms with E-state index in [4.69, 9.17) is 9.05 Å². The molecular weight excluding hydrogens is 211 g/mol. The molecule has 0 aromatic rings. The SMILES string of the molecule is C=CCOP1(=O)OCC1(CC)CCCC. The monoisotopic (exact) mass is 232 g/mol. The van der Waals surface area contributed by atoms with E-state index in [0.717, 1.165) is 25.7 Å². The maximum absolute atomic E-state index is 12.3. The summed E-state index contributed by atoms with van der Waals surface area (Å²) in [5.41, 5.74) is 0. The van der Waals surface area contributed by atoms with Gasteiger partial charge in [-0.1, -0.05) is 32.8 Å². The second-order valence-corrected chi connectivity index (χ2v) is 6.50. The molecule has 15 heavy (non-hydrogen) atoms. The summed E-state index contributed by atoms with van der Waals surface area (Å²) in [4.78, 5) is 0. The third kappa shape index (κ3) is 2.35. The van der Waals surface area contributed by atoms with E-state index in [1.165, 1.54) is 0 Å². The number of unbranched alkanes of at least 4 members (excludes halogenated alkanes) is 1. The van der Waals surface area contributed by atoms with E-state index in [-0.39, 0.29) is 5.16 Å². The minimum Gasteiger partial charge on any atom is -0.307 e. The molecule has 2 atom stereocenters. The molecule has 0 saturated carbocycles. The molecule has 1 saturated heterocycles. The standard InChI is InChI=1S/C11H21O3P/c1-4-7-8-11(6-3)10-14-15(11,12)13-9-5-2/h5H,2,4,6-10H2,1,3H3. The summed E-state index contributed by atoms with van der Waals surface area (Å²) >= 11 is 0. The topological polar surface area (TPSA) is 35.5 Å². The van der Waals surface area contributed by atoms with Crippen molar-refractivity contribution in [3.63, 3.8) is 0 Å². The fourth-order valence-corrected chi connectivity index (χ4v) is 4.04. The normalized spacial score (nSPS) is 34.8. The highest BCUT2D eigenvalue weighted by Crippen LogP contribution is 2.71. The van der Waals surface area contributed by atoms with E-state index in [2.05, 4.69) is 20.4 Å². The molecule has 2 unspecified atom stereocenters. The summed E-state index contributed by atoms with van der Waals surface area (Å²) in [7, 11) is -2.85. The van der Waals surface area contributed by atoms with Gasteiger partial charge in [-0.2, -0.15) is 0 Å². The van der Waals surface area contributed by atoms with Gasteiger partial charge in [0, 0.05) is 0 Å². The van der Waals surface area contributed by atoms with Crippen molar-refractivity contribution >= 4 is 7.60 Å². The van der Waals surface area contributed by atoms with Crippen LogP contribution < -0.4 is 0 Å². The van der Waals surface area contributed by atoms with Crippen LogP contribution in [0.1, 0.15) is 39.5 Å². The molecule has 1 aliphatic rings. The predicted octanol–water partition coefficient (Wildman–Crippen LogP) is 3.75. The van der Waals surface area contributed by atoms with Gasteiger partial charge in [0.15, 0.2) is 0 Å². The Kier molecular flexibility index (Phi) is 4.57. The number of hydrogen-bond acceptors (Lipinski definition) is 3. The van der Waals surface area contributed by atoms with Crippen LogP contribution in [0.25, 0.3) is 0 Å². The lowest BCUT2D eigenvalue weighted by molar-refractivity contribution is 0.0948. The Labute approximate surface area is 92.4 Å². The molecule has 3 nitrogen and oxygen atoms in total. The molecular formula is C11H21O3P. The Morgan fingerprint density at radius 2 is 2.33 bits per heavy atom. The Morgan fingerprint density at radius 1 is 1.60 bits per heavy atom. The van der Waals surface area contributed by atoms with Crippen molar-refractivity contribution in [2.75, 3.05) is 13.2 Å². The summed E-state index contributed by atoms with van der Waals surface area (Å²) in [6, 6.07) is 0. The van der Waals surface area contributed by atoms with Gasteiger partial charge in [0.2, 0.25) is 0 Å². The van der Waals surface area contributed by atoms with Gasteiger partial charge in [0.1, 0.15) is 0 Å². The van der Waals surface area contributed by atoms with Crippen molar-refractivity contribution in [2.24, 2.45) is 0 Å². The lowest BCUT2D eigenvalue weighted by Gasteiger charge is -2.46. The highest BCUT2D eigenvalue weighted by molar-refractivity contribution is 7.57. The van der Waals surface area contributed by atoms with Gasteiger partial charge in [-0.25, -0.2) is 0 Å². The molecule has 0 spiro atoms. The summed E-state index contributed by atoms with van der Waals surface area (Å²) in [6.07, 6.45) is 5.61. The van der Waals surface area contributed by atoms with E-state index in [9.17, 15) is 4.57 Å². The second-order valence-electron chi connectivity index (χ2n) is 4.04. The van der Waals surface area contributed by atoms with Crippen molar-refractivity contribution < 1.29 is 13.6 Å². The van der Waals surface area contributed by atoms with Crippen molar-refractivity contribution in [3.05, 3.63) is 12.7 Å². The maximum Gasteiger partial charge on any atom is 0.339 e. The van der Waals surface area contributed by atoms with Crippen LogP contribution in [0, 0.1) is 0 Å². The van der Waals surface area contributed by atoms with Crippen molar-refractivity contribution in [3.8, 4) is 0 Å². The van der Waals surface area contributed by atoms with Gasteiger partial charge in [-0.05, 0) is 12.8 Å². The van der Waals surface area contributed by atoms with Crippen LogP contribution in [-0.2, 0) is 13.6 Å². The molecule has 4 heteroatoms. The fraction of sp³-hybridized carbons (Fsp3) is 0.818. The van der Waals surface area contributed by atoms with E-state index in [1.54, 1.807) is 6.08 Å². The molecule has 0 bridgehead atoms. The first-order valence-corrected chi connectivity index (χ1v) is 7.18. The molecule has 1 fully saturated rings. The first kappa shape index (κ1) is 13.0. The fourth-order valence-electron chi connectivity index (χ4n) is 1.86. The highest BCUT2D eigenvalue weighted by Gasteiger charge is 2.58. The lowest BCUT2D eigenvalue weighted by atomic mass is 9.99. The van der Waals surface area contributed by atoms with Crippen LogP contribution in [0.2, 0.25) is 0 Å². The average molecular weight is 232 g/mol. The van der Waals surface area contributed by atoms with Gasteiger partial charge in [-0.15, -0.1) is 6.58 Å². The molecule has 1 heterocycles. The van der Waals surface area contributed by atoms with E-state index >= 15 is 0 Å². The molecule has 0 aromatic carbocycles. The number of hydrogen-bond donors (Lipinski definition) is 0. The first-order chi connectivity index (χ1) is 7.14. The average Bonchev–Trinajstić information content (AvgIpc) is 2.26. The molecule has 0 N–H and O–H groups in total. The van der Waals surface area contributed by atoms with Gasteiger partial charge in [-0.3, -0.25) is 4.57 Å². The molecule has 0 amide bonds. The van der Waals surface area contributed by atoms with Crippen LogP contribution in [-0.4, -0.2) is 18.4 Å². The quantitative estimate of drug-likeness (QED) is 0.495. The summed E-state index contributed by atoms with van der Waals surface area (Å²) in [6.45, 7) is 8.64. The van der Waals surface area contributed by atoms with Gasteiger partial charge in [0.05, 0.1) is 18.4 Å². The largest absolute Gasteiger partial charge is 0.339 e. The Bertz CT molecular complexity index is 261. The van der Waals surface area contributed by atoms with Gasteiger partial charge < -0.3 is 9.05 Å². The van der Waals surface area contributed by atoms with Crippen LogP contribution in [0.15, 0.2) is 12.7 Å². The van der Waals surface area contributed by atoms with Crippen LogP contribution in [0.4, 0.5) is 0 Å². The maximum atomic E-state index is 12.3. The van der Waals surface area contributed by atoms with Crippen molar-refractivity contribution in [1.29, 1.82) is 0 Å². The summed E-state index contributed by atoms with van der Waals surface area (Å²) in [5, 5.41) is -0.216. The van der Waals surface area contributed by atoms with E-state index in [0.29, 0.717) is 13.2 Å². The predicted molar refractivity (Wildman–Crippen MR) is 62.3 cm³/mol. The second kappa shape index (κ2) is 5.29. The Morgan fingerprint density at radius 3 is 2.73 bits per heavy atom. The summed E-state index contributed by atoms with van der Waals surface area (Å²) < 4.78 is 22.9. The Hall–Kier alpha value is -0.110. The zero-order valence-corrected chi connectivity index (χ0v) is 10.6. The molecule has 0 aromatic heterocycles. The summed E-state index contributed by atoms with van der Waals surface area (Å²) in [5.74, 6) is 0. The van der Waals surface area contributed by atoms with Gasteiger partial charge >= 0.3 is 7.60 Å². The first-order valence-electron chi connectivity index (χ1n) is 5.64. The number of rotatable bonds is 7. The molecule has 0 radical (unpaired) electrons. The molecule has 1 aliphatic heterocycles. The minimum atomic E-state index is -2.85. The third-order valence-electron chi connectivity index (χ3n) is 3.10. The zero-order chi connectivity index (χ0) is 11.4. The third-order valence-corrected chi connectivity index (χ3v) is 5.89. The molecule has 88 valence electrons. The van der Waals surface area contributed by atoms with E-state index in [1.807, 2.05) is 0 Å². The highest BCUT2D eigenvalue weighted by atomic mass is 31.2. The molecule has 1 rings (SSSR count).